The lowest BCUT2D eigenvalue weighted by Gasteiger charge is -2.33. The van der Waals surface area contributed by atoms with Gasteiger partial charge in [0.1, 0.15) is 17.2 Å². The average molecular weight is 323 g/mol. The normalized spacial score (nSPS) is 16.1. The fraction of sp³-hybridized carbons (Fsp3) is 0.211. The molecule has 122 valence electrons. The largest absolute Gasteiger partial charge is 0.508 e. The summed E-state index contributed by atoms with van der Waals surface area (Å²) in [6.45, 7) is 0.152. The molecule has 5 heteroatoms. The van der Waals surface area contributed by atoms with Gasteiger partial charge in [0.25, 0.3) is 5.91 Å². The second-order valence-corrected chi connectivity index (χ2v) is 5.44. The molecular weight excluding hydrogens is 306 g/mol. The number of carbonyl (C=O) groups excluding carboxylic acids is 1. The minimum atomic E-state index is -0.693. The Morgan fingerprint density at radius 3 is 2.71 bits per heavy atom. The molecule has 0 spiro atoms. The number of nitrogens with zero attached hydrogens (tertiary/aromatic N) is 1. The third-order valence-electron chi connectivity index (χ3n) is 3.87. The Kier molecular flexibility index (Phi) is 4.30. The number of carbonyl (C=O) groups is 1. The first kappa shape index (κ1) is 15.8. The van der Waals surface area contributed by atoms with E-state index in [1.165, 1.54) is 17.0 Å². The standard InChI is InChI=1S/C19H17NO4/c1-3-10-20-16-9-6-14(21)12-17(16)24-18(19(20)22)11-13-4-7-15(23-2)8-5-13/h1,4-9,12,18,21H,10-11H2,2H3. The van der Waals surface area contributed by atoms with Crippen LogP contribution < -0.4 is 14.4 Å². The predicted octanol–water partition coefficient (Wildman–Crippen LogP) is 2.37. The number of ether oxygens (including phenoxy) is 2. The maximum absolute atomic E-state index is 12.7. The molecule has 0 fully saturated rings. The zero-order valence-electron chi connectivity index (χ0n) is 13.2. The Morgan fingerprint density at radius 1 is 1.29 bits per heavy atom. The Morgan fingerprint density at radius 2 is 2.04 bits per heavy atom. The van der Waals surface area contributed by atoms with Crippen molar-refractivity contribution < 1.29 is 19.4 Å². The van der Waals surface area contributed by atoms with E-state index in [9.17, 15) is 9.90 Å². The highest BCUT2D eigenvalue weighted by molar-refractivity contribution is 6.00. The van der Waals surface area contributed by atoms with Gasteiger partial charge in [-0.15, -0.1) is 6.42 Å². The third-order valence-corrected chi connectivity index (χ3v) is 3.87. The molecule has 0 radical (unpaired) electrons. The van der Waals surface area contributed by atoms with Crippen LogP contribution in [0.2, 0.25) is 0 Å². The van der Waals surface area contributed by atoms with Crippen LogP contribution in [0.1, 0.15) is 5.56 Å². The molecular formula is C19H17NO4. The first-order valence-electron chi connectivity index (χ1n) is 7.50. The molecule has 0 aromatic heterocycles. The van der Waals surface area contributed by atoms with Gasteiger partial charge in [-0.1, -0.05) is 18.1 Å². The number of hydrogen-bond acceptors (Lipinski definition) is 4. The van der Waals surface area contributed by atoms with Crippen LogP contribution in [0.3, 0.4) is 0 Å². The van der Waals surface area contributed by atoms with E-state index in [1.54, 1.807) is 13.2 Å². The second-order valence-electron chi connectivity index (χ2n) is 5.44. The minimum absolute atomic E-state index is 0.0759. The number of anilines is 1. The fourth-order valence-electron chi connectivity index (χ4n) is 2.68. The van der Waals surface area contributed by atoms with Crippen molar-refractivity contribution in [2.45, 2.75) is 12.5 Å². The highest BCUT2D eigenvalue weighted by Crippen LogP contribution is 2.37. The highest BCUT2D eigenvalue weighted by atomic mass is 16.5. The second kappa shape index (κ2) is 6.55. The maximum atomic E-state index is 12.7. The van der Waals surface area contributed by atoms with Crippen LogP contribution in [0.15, 0.2) is 42.5 Å². The zero-order valence-corrected chi connectivity index (χ0v) is 13.2. The van der Waals surface area contributed by atoms with Crippen molar-refractivity contribution in [1.82, 2.24) is 0 Å². The molecule has 1 atom stereocenters. The SMILES string of the molecule is C#CCN1C(=O)C(Cc2ccc(OC)cc2)Oc2cc(O)ccc21. The number of benzene rings is 2. The summed E-state index contributed by atoms with van der Waals surface area (Å²) >= 11 is 0. The van der Waals surface area contributed by atoms with E-state index < -0.39 is 6.10 Å². The Balaban J connectivity index is 1.88. The molecule has 1 unspecified atom stereocenters. The maximum Gasteiger partial charge on any atom is 0.269 e. The highest BCUT2D eigenvalue weighted by Gasteiger charge is 2.34. The molecule has 3 rings (SSSR count). The van der Waals surface area contributed by atoms with Gasteiger partial charge in [0.05, 0.1) is 19.3 Å². The van der Waals surface area contributed by atoms with Crippen molar-refractivity contribution >= 4 is 11.6 Å². The molecule has 1 heterocycles. The average Bonchev–Trinajstić information content (AvgIpc) is 2.59. The number of fused-ring (bicyclic) bond motifs is 1. The smallest absolute Gasteiger partial charge is 0.269 e. The first-order chi connectivity index (χ1) is 11.6. The quantitative estimate of drug-likeness (QED) is 0.878. The van der Waals surface area contributed by atoms with E-state index in [1.807, 2.05) is 24.3 Å². The number of phenols is 1. The molecule has 1 aliphatic rings. The number of rotatable bonds is 4. The minimum Gasteiger partial charge on any atom is -0.508 e. The van der Waals surface area contributed by atoms with E-state index >= 15 is 0 Å². The number of terminal acetylenes is 1. The molecule has 0 bridgehead atoms. The summed E-state index contributed by atoms with van der Waals surface area (Å²) in [4.78, 5) is 14.2. The number of phenolic OH excluding ortho intramolecular Hbond substituents is 1. The molecule has 1 aliphatic heterocycles. The van der Waals surface area contributed by atoms with Crippen LogP contribution in [0.25, 0.3) is 0 Å². The summed E-state index contributed by atoms with van der Waals surface area (Å²) < 4.78 is 10.9. The molecule has 0 saturated carbocycles. The van der Waals surface area contributed by atoms with Crippen LogP contribution in [0.4, 0.5) is 5.69 Å². The van der Waals surface area contributed by atoms with Gasteiger partial charge in [0.2, 0.25) is 0 Å². The van der Waals surface area contributed by atoms with E-state index in [4.69, 9.17) is 15.9 Å². The molecule has 1 N–H and O–H groups in total. The third kappa shape index (κ3) is 2.99. The van der Waals surface area contributed by atoms with Crippen molar-refractivity contribution in [2.75, 3.05) is 18.6 Å². The lowest BCUT2D eigenvalue weighted by Crippen LogP contribution is -2.47. The van der Waals surface area contributed by atoms with Gasteiger partial charge in [0, 0.05) is 12.5 Å². The van der Waals surface area contributed by atoms with E-state index in [0.29, 0.717) is 17.9 Å². The van der Waals surface area contributed by atoms with Gasteiger partial charge >= 0.3 is 0 Å². The number of aromatic hydroxyl groups is 1. The number of amides is 1. The molecule has 2 aromatic carbocycles. The molecule has 2 aromatic rings. The van der Waals surface area contributed by atoms with E-state index in [0.717, 1.165) is 11.3 Å². The predicted molar refractivity (Wildman–Crippen MR) is 90.4 cm³/mol. The molecule has 1 amide bonds. The van der Waals surface area contributed by atoms with Gasteiger partial charge in [-0.3, -0.25) is 9.69 Å². The summed E-state index contributed by atoms with van der Waals surface area (Å²) in [6, 6.07) is 12.1. The summed E-state index contributed by atoms with van der Waals surface area (Å²) in [6.07, 6.45) is 5.10. The van der Waals surface area contributed by atoms with Gasteiger partial charge < -0.3 is 14.6 Å². The fourth-order valence-corrected chi connectivity index (χ4v) is 2.68. The van der Waals surface area contributed by atoms with E-state index in [2.05, 4.69) is 5.92 Å². The van der Waals surface area contributed by atoms with E-state index in [-0.39, 0.29) is 18.2 Å². The van der Waals surface area contributed by atoms with Gasteiger partial charge in [-0.2, -0.15) is 0 Å². The zero-order chi connectivity index (χ0) is 17.1. The molecule has 5 nitrogen and oxygen atoms in total. The van der Waals surface area contributed by atoms with Crippen LogP contribution in [0, 0.1) is 12.3 Å². The number of hydrogen-bond donors (Lipinski definition) is 1. The molecule has 0 aliphatic carbocycles. The molecule has 24 heavy (non-hydrogen) atoms. The summed E-state index contributed by atoms with van der Waals surface area (Å²) in [5.74, 6) is 3.57. The Hall–Kier alpha value is -3.13. The lowest BCUT2D eigenvalue weighted by molar-refractivity contribution is -0.126. The Bertz CT molecular complexity index is 792. The Labute approximate surface area is 140 Å². The van der Waals surface area contributed by atoms with Crippen molar-refractivity contribution in [3.8, 4) is 29.6 Å². The lowest BCUT2D eigenvalue weighted by atomic mass is 10.0. The van der Waals surface area contributed by atoms with Crippen molar-refractivity contribution in [1.29, 1.82) is 0 Å². The molecule has 0 saturated heterocycles. The summed E-state index contributed by atoms with van der Waals surface area (Å²) in [5, 5.41) is 9.67. The van der Waals surface area contributed by atoms with Crippen molar-refractivity contribution in [3.63, 3.8) is 0 Å². The van der Waals surface area contributed by atoms with Crippen LogP contribution in [0.5, 0.6) is 17.2 Å². The summed E-state index contributed by atoms with van der Waals surface area (Å²) in [5.41, 5.74) is 1.51. The van der Waals surface area contributed by atoms with Crippen LogP contribution in [-0.2, 0) is 11.2 Å². The van der Waals surface area contributed by atoms with Gasteiger partial charge in [-0.05, 0) is 29.8 Å². The van der Waals surface area contributed by atoms with Gasteiger partial charge in [0.15, 0.2) is 6.10 Å². The van der Waals surface area contributed by atoms with Crippen molar-refractivity contribution in [3.05, 3.63) is 48.0 Å². The monoisotopic (exact) mass is 323 g/mol. The topological polar surface area (TPSA) is 59.0 Å². The summed E-state index contributed by atoms with van der Waals surface area (Å²) in [7, 11) is 1.60. The number of methoxy groups -OCH3 is 1. The first-order valence-corrected chi connectivity index (χ1v) is 7.50. The van der Waals surface area contributed by atoms with Crippen molar-refractivity contribution in [2.24, 2.45) is 0 Å². The van der Waals surface area contributed by atoms with Crippen LogP contribution >= 0.6 is 0 Å². The van der Waals surface area contributed by atoms with Gasteiger partial charge in [-0.25, -0.2) is 0 Å². The van der Waals surface area contributed by atoms with Crippen LogP contribution in [-0.4, -0.2) is 30.8 Å².